The molecule has 0 aliphatic rings. The first-order valence-electron chi connectivity index (χ1n) is 6.00. The van der Waals surface area contributed by atoms with Crippen LogP contribution < -0.4 is 0 Å². The lowest BCUT2D eigenvalue weighted by Gasteiger charge is -2.12. The predicted octanol–water partition coefficient (Wildman–Crippen LogP) is 3.50. The van der Waals surface area contributed by atoms with Crippen molar-refractivity contribution in [2.24, 2.45) is 0 Å². The molecule has 1 heterocycles. The number of benzene rings is 2. The largest absolute Gasteiger partial charge is 0.382 e. The van der Waals surface area contributed by atoms with E-state index in [0.29, 0.717) is 11.2 Å². The summed E-state index contributed by atoms with van der Waals surface area (Å²) in [4.78, 5) is 8.55. The molecule has 1 aromatic heterocycles. The molecule has 100 valence electrons. The Morgan fingerprint density at radius 3 is 2.65 bits per heavy atom. The zero-order valence-electron chi connectivity index (χ0n) is 10.3. The Balaban J connectivity index is 2.07. The van der Waals surface area contributed by atoms with Gasteiger partial charge in [-0.15, -0.1) is 0 Å². The van der Waals surface area contributed by atoms with E-state index in [1.807, 2.05) is 18.2 Å². The predicted molar refractivity (Wildman–Crippen MR) is 75.0 cm³/mol. The van der Waals surface area contributed by atoms with Crippen molar-refractivity contribution in [3.05, 3.63) is 70.8 Å². The summed E-state index contributed by atoms with van der Waals surface area (Å²) in [6.45, 7) is 0. The highest BCUT2D eigenvalue weighted by Gasteiger charge is 2.17. The van der Waals surface area contributed by atoms with E-state index in [1.54, 1.807) is 6.07 Å². The lowest BCUT2D eigenvalue weighted by molar-refractivity contribution is 0.215. The zero-order valence-corrected chi connectivity index (χ0v) is 11.0. The molecule has 1 N–H and O–H groups in total. The topological polar surface area (TPSA) is 46.0 Å². The highest BCUT2D eigenvalue weighted by molar-refractivity contribution is 6.31. The van der Waals surface area contributed by atoms with E-state index in [9.17, 15) is 9.50 Å². The average Bonchev–Trinajstić information content (AvgIpc) is 2.48. The maximum Gasteiger partial charge on any atom is 0.124 e. The minimum Gasteiger partial charge on any atom is -0.382 e. The van der Waals surface area contributed by atoms with Gasteiger partial charge in [-0.25, -0.2) is 9.37 Å². The Hall–Kier alpha value is -2.04. The lowest BCUT2D eigenvalue weighted by Crippen LogP contribution is -2.04. The van der Waals surface area contributed by atoms with Gasteiger partial charge in [0.25, 0.3) is 0 Å². The van der Waals surface area contributed by atoms with Crippen LogP contribution >= 0.6 is 11.6 Å². The Bertz CT molecular complexity index is 779. The normalized spacial score (nSPS) is 12.6. The van der Waals surface area contributed by atoms with Crippen molar-refractivity contribution in [2.75, 3.05) is 0 Å². The molecule has 0 saturated heterocycles. The zero-order chi connectivity index (χ0) is 14.1. The number of halogens is 2. The standard InChI is InChI=1S/C15H10ClFN2O/c16-11-6-5-9(17)7-10(11)15(20)14-8-18-12-3-1-2-4-13(12)19-14/h1-8,15,20H. The molecule has 2 aromatic carbocycles. The van der Waals surface area contributed by atoms with Crippen molar-refractivity contribution in [3.63, 3.8) is 0 Å². The SMILES string of the molecule is OC(c1cnc2ccccc2n1)c1cc(F)ccc1Cl. The van der Waals surface area contributed by atoms with Crippen LogP contribution in [0.5, 0.6) is 0 Å². The number of fused-ring (bicyclic) bond motifs is 1. The molecule has 0 bridgehead atoms. The maximum absolute atomic E-state index is 13.3. The molecule has 3 rings (SSSR count). The van der Waals surface area contributed by atoms with Gasteiger partial charge in [-0.3, -0.25) is 4.98 Å². The molecule has 0 spiro atoms. The summed E-state index contributed by atoms with van der Waals surface area (Å²) in [5.74, 6) is -0.461. The summed E-state index contributed by atoms with van der Waals surface area (Å²) < 4.78 is 13.3. The summed E-state index contributed by atoms with van der Waals surface area (Å²) in [7, 11) is 0. The first-order chi connectivity index (χ1) is 9.65. The molecule has 0 aliphatic heterocycles. The van der Waals surface area contributed by atoms with Crippen LogP contribution in [0, 0.1) is 5.82 Å². The number of rotatable bonds is 2. The van der Waals surface area contributed by atoms with Gasteiger partial charge in [0.2, 0.25) is 0 Å². The first kappa shape index (κ1) is 13.0. The minimum absolute atomic E-state index is 0.274. The number of para-hydroxylation sites is 2. The van der Waals surface area contributed by atoms with Gasteiger partial charge in [0, 0.05) is 10.6 Å². The second kappa shape index (κ2) is 5.15. The lowest BCUT2D eigenvalue weighted by atomic mass is 10.1. The average molecular weight is 289 g/mol. The number of nitrogens with zero attached hydrogens (tertiary/aromatic N) is 2. The van der Waals surface area contributed by atoms with E-state index in [-0.39, 0.29) is 10.6 Å². The van der Waals surface area contributed by atoms with Crippen molar-refractivity contribution in [3.8, 4) is 0 Å². The van der Waals surface area contributed by atoms with Crippen LogP contribution in [-0.2, 0) is 0 Å². The van der Waals surface area contributed by atoms with Gasteiger partial charge in [-0.05, 0) is 30.3 Å². The number of hydrogen-bond donors (Lipinski definition) is 1. The highest BCUT2D eigenvalue weighted by Crippen LogP contribution is 2.28. The number of aromatic nitrogens is 2. The summed E-state index contributed by atoms with van der Waals surface area (Å²) in [6, 6.07) is 11.2. The molecule has 20 heavy (non-hydrogen) atoms. The van der Waals surface area contributed by atoms with Crippen LogP contribution in [-0.4, -0.2) is 15.1 Å². The van der Waals surface area contributed by atoms with Crippen LogP contribution in [0.25, 0.3) is 11.0 Å². The monoisotopic (exact) mass is 288 g/mol. The highest BCUT2D eigenvalue weighted by atomic mass is 35.5. The molecule has 3 aromatic rings. The van der Waals surface area contributed by atoms with E-state index >= 15 is 0 Å². The van der Waals surface area contributed by atoms with Crippen LogP contribution in [0.3, 0.4) is 0 Å². The fourth-order valence-electron chi connectivity index (χ4n) is 1.99. The fourth-order valence-corrected chi connectivity index (χ4v) is 2.21. The van der Waals surface area contributed by atoms with Gasteiger partial charge < -0.3 is 5.11 Å². The number of aliphatic hydroxyl groups is 1. The molecule has 0 amide bonds. The van der Waals surface area contributed by atoms with Gasteiger partial charge in [-0.1, -0.05) is 23.7 Å². The molecule has 0 fully saturated rings. The van der Waals surface area contributed by atoms with E-state index in [4.69, 9.17) is 11.6 Å². The van der Waals surface area contributed by atoms with Crippen LogP contribution in [0.4, 0.5) is 4.39 Å². The van der Waals surface area contributed by atoms with E-state index in [2.05, 4.69) is 9.97 Å². The smallest absolute Gasteiger partial charge is 0.124 e. The fraction of sp³-hybridized carbons (Fsp3) is 0.0667. The molecule has 0 aliphatic carbocycles. The molecule has 5 heteroatoms. The third kappa shape index (κ3) is 2.35. The number of hydrogen-bond acceptors (Lipinski definition) is 3. The Morgan fingerprint density at radius 1 is 1.10 bits per heavy atom. The van der Waals surface area contributed by atoms with Gasteiger partial charge in [0.05, 0.1) is 22.9 Å². The van der Waals surface area contributed by atoms with E-state index < -0.39 is 11.9 Å². The Kier molecular flexibility index (Phi) is 3.34. The van der Waals surface area contributed by atoms with Crippen LogP contribution in [0.2, 0.25) is 5.02 Å². The third-order valence-corrected chi connectivity index (χ3v) is 3.34. The van der Waals surface area contributed by atoms with E-state index in [1.165, 1.54) is 24.4 Å². The maximum atomic E-state index is 13.3. The van der Waals surface area contributed by atoms with Crippen molar-refractivity contribution >= 4 is 22.6 Å². The van der Waals surface area contributed by atoms with Gasteiger partial charge >= 0.3 is 0 Å². The van der Waals surface area contributed by atoms with Gasteiger partial charge in [0.15, 0.2) is 0 Å². The molecule has 3 nitrogen and oxygen atoms in total. The van der Waals surface area contributed by atoms with Crippen molar-refractivity contribution in [1.82, 2.24) is 9.97 Å². The second-order valence-electron chi connectivity index (χ2n) is 4.35. The third-order valence-electron chi connectivity index (χ3n) is 3.00. The minimum atomic E-state index is -1.12. The molecule has 1 unspecified atom stereocenters. The quantitative estimate of drug-likeness (QED) is 0.785. The van der Waals surface area contributed by atoms with E-state index in [0.717, 1.165) is 5.52 Å². The molecule has 0 saturated carbocycles. The summed E-state index contributed by atoms with van der Waals surface area (Å²) in [6.07, 6.45) is 0.351. The van der Waals surface area contributed by atoms with Crippen molar-refractivity contribution in [2.45, 2.75) is 6.10 Å². The molecular formula is C15H10ClFN2O. The Labute approximate surface area is 119 Å². The summed E-state index contributed by atoms with van der Waals surface area (Å²) in [5, 5.41) is 10.6. The molecule has 1 atom stereocenters. The van der Waals surface area contributed by atoms with Crippen molar-refractivity contribution in [1.29, 1.82) is 0 Å². The molecule has 0 radical (unpaired) electrons. The summed E-state index contributed by atoms with van der Waals surface area (Å²) in [5.41, 5.74) is 2.00. The van der Waals surface area contributed by atoms with Crippen LogP contribution in [0.15, 0.2) is 48.7 Å². The van der Waals surface area contributed by atoms with Gasteiger partial charge in [0.1, 0.15) is 11.9 Å². The van der Waals surface area contributed by atoms with Crippen molar-refractivity contribution < 1.29 is 9.50 Å². The van der Waals surface area contributed by atoms with Gasteiger partial charge in [-0.2, -0.15) is 0 Å². The molecular weight excluding hydrogens is 279 g/mol. The Morgan fingerprint density at radius 2 is 1.85 bits per heavy atom. The first-order valence-corrected chi connectivity index (χ1v) is 6.37. The van der Waals surface area contributed by atoms with Crippen LogP contribution in [0.1, 0.15) is 17.4 Å². The summed E-state index contributed by atoms with van der Waals surface area (Å²) >= 11 is 5.98. The second-order valence-corrected chi connectivity index (χ2v) is 4.76. The number of aliphatic hydroxyl groups excluding tert-OH is 1.